The van der Waals surface area contributed by atoms with E-state index in [0.717, 1.165) is 25.3 Å². The standard InChI is InChI=1S/C7H15N.C6H8N4O/c8-6-7-4-2-1-3-5-7;7-5(11)6(1-2-6)10-4-3-8-9-10/h7H,1-6,8H2;3-4H,1-2H2,(H2,7,11). The molecular weight excluding hydrogens is 242 g/mol. The summed E-state index contributed by atoms with van der Waals surface area (Å²) in [5, 5.41) is 7.35. The van der Waals surface area contributed by atoms with Crippen molar-refractivity contribution in [3.05, 3.63) is 12.4 Å². The summed E-state index contributed by atoms with van der Waals surface area (Å²) in [6.07, 6.45) is 11.8. The van der Waals surface area contributed by atoms with Gasteiger partial charge in [-0.25, -0.2) is 4.68 Å². The maximum absolute atomic E-state index is 10.9. The van der Waals surface area contributed by atoms with Crippen LogP contribution < -0.4 is 11.5 Å². The van der Waals surface area contributed by atoms with Crippen molar-refractivity contribution < 1.29 is 4.79 Å². The van der Waals surface area contributed by atoms with Crippen molar-refractivity contribution in [2.45, 2.75) is 50.5 Å². The van der Waals surface area contributed by atoms with E-state index in [0.29, 0.717) is 0 Å². The van der Waals surface area contributed by atoms with E-state index in [2.05, 4.69) is 10.3 Å². The molecular formula is C13H23N5O. The summed E-state index contributed by atoms with van der Waals surface area (Å²) in [5.74, 6) is 0.548. The smallest absolute Gasteiger partial charge is 0.245 e. The Kier molecular flexibility index (Phi) is 4.52. The molecule has 19 heavy (non-hydrogen) atoms. The largest absolute Gasteiger partial charge is 0.368 e. The first-order chi connectivity index (χ1) is 9.19. The number of amides is 1. The zero-order valence-corrected chi connectivity index (χ0v) is 11.3. The molecule has 2 saturated carbocycles. The third-order valence-electron chi connectivity index (χ3n) is 4.10. The summed E-state index contributed by atoms with van der Waals surface area (Å²) >= 11 is 0. The first-order valence-electron chi connectivity index (χ1n) is 7.06. The van der Waals surface area contributed by atoms with Gasteiger partial charge in [-0.2, -0.15) is 0 Å². The Hall–Kier alpha value is -1.43. The lowest BCUT2D eigenvalue weighted by Crippen LogP contribution is -2.34. The maximum atomic E-state index is 10.9. The Morgan fingerprint density at radius 1 is 1.32 bits per heavy atom. The molecule has 1 amide bonds. The fraction of sp³-hybridized carbons (Fsp3) is 0.769. The van der Waals surface area contributed by atoms with Crippen molar-refractivity contribution in [1.82, 2.24) is 15.0 Å². The van der Waals surface area contributed by atoms with Crippen LogP contribution in [-0.2, 0) is 10.3 Å². The van der Waals surface area contributed by atoms with Crippen LogP contribution in [0.1, 0.15) is 44.9 Å². The van der Waals surface area contributed by atoms with Crippen LogP contribution in [0.5, 0.6) is 0 Å². The number of carbonyl (C=O) groups is 1. The highest BCUT2D eigenvalue weighted by atomic mass is 16.2. The highest BCUT2D eigenvalue weighted by Crippen LogP contribution is 2.42. The predicted molar refractivity (Wildman–Crippen MR) is 72.1 cm³/mol. The van der Waals surface area contributed by atoms with Gasteiger partial charge in [0.1, 0.15) is 5.54 Å². The van der Waals surface area contributed by atoms with Crippen LogP contribution in [0, 0.1) is 5.92 Å². The van der Waals surface area contributed by atoms with E-state index in [-0.39, 0.29) is 5.91 Å². The van der Waals surface area contributed by atoms with Crippen LogP contribution in [0.4, 0.5) is 0 Å². The number of hydrogen-bond donors (Lipinski definition) is 2. The quantitative estimate of drug-likeness (QED) is 0.843. The average Bonchev–Trinajstić information content (AvgIpc) is 3.09. The number of nitrogens with zero attached hydrogens (tertiary/aromatic N) is 3. The average molecular weight is 265 g/mol. The van der Waals surface area contributed by atoms with Crippen molar-refractivity contribution in [3.8, 4) is 0 Å². The Morgan fingerprint density at radius 2 is 2.00 bits per heavy atom. The Labute approximate surface area is 113 Å². The van der Waals surface area contributed by atoms with Gasteiger partial charge in [0.05, 0.1) is 6.20 Å². The normalized spacial score (nSPS) is 21.3. The SMILES string of the molecule is NC(=O)C1(n2ccnn2)CC1.NCC1CCCCC1. The second-order valence-corrected chi connectivity index (χ2v) is 5.48. The highest BCUT2D eigenvalue weighted by molar-refractivity contribution is 5.85. The van der Waals surface area contributed by atoms with E-state index in [4.69, 9.17) is 11.5 Å². The molecule has 0 atom stereocenters. The second-order valence-electron chi connectivity index (χ2n) is 5.48. The predicted octanol–water partition coefficient (Wildman–Crippen LogP) is 0.778. The minimum absolute atomic E-state index is 0.317. The van der Waals surface area contributed by atoms with Crippen molar-refractivity contribution >= 4 is 5.91 Å². The van der Waals surface area contributed by atoms with Gasteiger partial charge in [-0.05, 0) is 38.1 Å². The topological polar surface area (TPSA) is 99.8 Å². The molecule has 6 nitrogen and oxygen atoms in total. The van der Waals surface area contributed by atoms with E-state index in [1.807, 2.05) is 0 Å². The van der Waals surface area contributed by atoms with Gasteiger partial charge in [-0.3, -0.25) is 4.79 Å². The molecule has 0 aromatic carbocycles. The molecule has 0 radical (unpaired) electrons. The molecule has 6 heteroatoms. The van der Waals surface area contributed by atoms with E-state index in [1.54, 1.807) is 12.4 Å². The monoisotopic (exact) mass is 265 g/mol. The molecule has 3 rings (SSSR count). The number of aromatic nitrogens is 3. The maximum Gasteiger partial charge on any atom is 0.245 e. The van der Waals surface area contributed by atoms with Gasteiger partial charge in [0, 0.05) is 6.20 Å². The van der Waals surface area contributed by atoms with Crippen LogP contribution >= 0.6 is 0 Å². The van der Waals surface area contributed by atoms with Gasteiger partial charge in [0.25, 0.3) is 0 Å². The summed E-state index contributed by atoms with van der Waals surface area (Å²) in [6, 6.07) is 0. The van der Waals surface area contributed by atoms with Gasteiger partial charge in [-0.1, -0.05) is 24.5 Å². The number of hydrogen-bond acceptors (Lipinski definition) is 4. The Bertz CT molecular complexity index is 393. The third-order valence-corrected chi connectivity index (χ3v) is 4.10. The molecule has 0 unspecified atom stereocenters. The van der Waals surface area contributed by atoms with Gasteiger partial charge in [0.2, 0.25) is 5.91 Å². The summed E-state index contributed by atoms with van der Waals surface area (Å²) in [6.45, 7) is 0.917. The van der Waals surface area contributed by atoms with Gasteiger partial charge < -0.3 is 11.5 Å². The van der Waals surface area contributed by atoms with E-state index in [1.165, 1.54) is 36.8 Å². The zero-order valence-electron chi connectivity index (χ0n) is 11.3. The highest BCUT2D eigenvalue weighted by Gasteiger charge is 2.51. The molecule has 2 aliphatic carbocycles. The Morgan fingerprint density at radius 3 is 2.37 bits per heavy atom. The van der Waals surface area contributed by atoms with Crippen molar-refractivity contribution in [3.63, 3.8) is 0 Å². The zero-order chi connectivity index (χ0) is 13.7. The van der Waals surface area contributed by atoms with Crippen molar-refractivity contribution in [2.75, 3.05) is 6.54 Å². The molecule has 1 aromatic rings. The van der Waals surface area contributed by atoms with E-state index >= 15 is 0 Å². The summed E-state index contributed by atoms with van der Waals surface area (Å²) in [5.41, 5.74) is 10.2. The second kappa shape index (κ2) is 6.14. The number of primary amides is 1. The minimum atomic E-state index is -0.545. The third kappa shape index (κ3) is 3.32. The number of rotatable bonds is 3. The van der Waals surface area contributed by atoms with Crippen LogP contribution in [0.15, 0.2) is 12.4 Å². The molecule has 2 fully saturated rings. The van der Waals surface area contributed by atoms with Gasteiger partial charge in [0.15, 0.2) is 0 Å². The summed E-state index contributed by atoms with van der Waals surface area (Å²) in [4.78, 5) is 10.9. The first kappa shape index (κ1) is 14.0. The lowest BCUT2D eigenvalue weighted by molar-refractivity contribution is -0.122. The van der Waals surface area contributed by atoms with Crippen LogP contribution in [0.25, 0.3) is 0 Å². The lowest BCUT2D eigenvalue weighted by Gasteiger charge is -2.18. The number of carbonyl (C=O) groups excluding carboxylic acids is 1. The molecule has 0 bridgehead atoms. The molecule has 106 valence electrons. The lowest BCUT2D eigenvalue weighted by atomic mass is 9.90. The van der Waals surface area contributed by atoms with Gasteiger partial charge >= 0.3 is 0 Å². The van der Waals surface area contributed by atoms with Gasteiger partial charge in [-0.15, -0.1) is 5.10 Å². The molecule has 2 aliphatic rings. The van der Waals surface area contributed by atoms with Crippen LogP contribution in [-0.4, -0.2) is 27.4 Å². The molecule has 4 N–H and O–H groups in total. The molecule has 0 spiro atoms. The van der Waals surface area contributed by atoms with Crippen LogP contribution in [0.2, 0.25) is 0 Å². The minimum Gasteiger partial charge on any atom is -0.368 e. The molecule has 0 aliphatic heterocycles. The van der Waals surface area contributed by atoms with Crippen molar-refractivity contribution in [1.29, 1.82) is 0 Å². The first-order valence-corrected chi connectivity index (χ1v) is 7.06. The van der Waals surface area contributed by atoms with E-state index in [9.17, 15) is 4.79 Å². The summed E-state index contributed by atoms with van der Waals surface area (Å²) in [7, 11) is 0. The van der Waals surface area contributed by atoms with Crippen molar-refractivity contribution in [2.24, 2.45) is 17.4 Å². The number of nitrogens with two attached hydrogens (primary N) is 2. The fourth-order valence-electron chi connectivity index (χ4n) is 2.57. The molecule has 1 heterocycles. The fourth-order valence-corrected chi connectivity index (χ4v) is 2.57. The van der Waals surface area contributed by atoms with Crippen LogP contribution in [0.3, 0.4) is 0 Å². The molecule has 0 saturated heterocycles. The Balaban J connectivity index is 0.000000148. The molecule has 1 aromatic heterocycles. The van der Waals surface area contributed by atoms with E-state index < -0.39 is 5.54 Å². The summed E-state index contributed by atoms with van der Waals surface area (Å²) < 4.78 is 1.54.